The summed E-state index contributed by atoms with van der Waals surface area (Å²) in [5.41, 5.74) is 1.14. The Morgan fingerprint density at radius 3 is 2.56 bits per heavy atom. The number of nitrogens with zero attached hydrogens (tertiary/aromatic N) is 1. The number of benzene rings is 1. The van der Waals surface area contributed by atoms with Gasteiger partial charge in [0.25, 0.3) is 0 Å². The Labute approximate surface area is 109 Å². The predicted molar refractivity (Wildman–Crippen MR) is 68.3 cm³/mol. The van der Waals surface area contributed by atoms with Crippen LogP contribution in [0.2, 0.25) is 0 Å². The van der Waals surface area contributed by atoms with Crippen molar-refractivity contribution in [2.45, 2.75) is 29.3 Å². The second-order valence-corrected chi connectivity index (χ2v) is 6.29. The molecule has 2 heterocycles. The van der Waals surface area contributed by atoms with Crippen LogP contribution in [0.1, 0.15) is 5.56 Å². The number of aryl methyl sites for hydroxylation is 1. The maximum Gasteiger partial charge on any atom is 0.0936 e. The number of hydrogen-bond donors (Lipinski definition) is 0. The number of rotatable bonds is 2. The van der Waals surface area contributed by atoms with Gasteiger partial charge in [0.15, 0.2) is 0 Å². The average Bonchev–Trinajstić information content (AvgIpc) is 2.98. The third kappa shape index (κ3) is 1.71. The fourth-order valence-corrected chi connectivity index (χ4v) is 4.10. The summed E-state index contributed by atoms with van der Waals surface area (Å²) in [5.74, 6) is -0.304. The molecule has 92 valence electrons. The molecule has 1 unspecified atom stereocenters. The van der Waals surface area contributed by atoms with Gasteiger partial charge in [-0.25, -0.2) is 0 Å². The van der Waals surface area contributed by atoms with Gasteiger partial charge >= 0.3 is 0 Å². The quantitative estimate of drug-likeness (QED) is 0.763. The molecule has 18 heavy (non-hydrogen) atoms. The van der Waals surface area contributed by atoms with Crippen molar-refractivity contribution in [2.24, 2.45) is 5.92 Å². The van der Waals surface area contributed by atoms with Gasteiger partial charge in [0.05, 0.1) is 40.2 Å². The van der Waals surface area contributed by atoms with Crippen LogP contribution in [-0.4, -0.2) is 21.7 Å². The summed E-state index contributed by atoms with van der Waals surface area (Å²) in [6.45, 7) is 1.99. The summed E-state index contributed by atoms with van der Waals surface area (Å²) in [5, 5.41) is 8.96. The Balaban J connectivity index is 1.91. The van der Waals surface area contributed by atoms with Crippen molar-refractivity contribution in [2.75, 3.05) is 0 Å². The van der Waals surface area contributed by atoms with Crippen LogP contribution < -0.4 is 0 Å². The molecule has 1 aromatic carbocycles. The highest BCUT2D eigenvalue weighted by Gasteiger charge is 2.49. The fraction of sp³-hybridized carbons (Fsp3) is 0.357. The van der Waals surface area contributed by atoms with Crippen molar-refractivity contribution >= 4 is 10.8 Å². The molecule has 2 aliphatic heterocycles. The molecule has 2 aliphatic rings. The Morgan fingerprint density at radius 1 is 1.22 bits per heavy atom. The standard InChI is InChI=1S/C14H13NO2S/c1-9-2-4-10(5-3-9)18(16)14-11(8-15)12-6-7-13(14)17-12/h2-7,11-14H,1H3/t11-,12-,13+,14-,18?/m1/s1. The van der Waals surface area contributed by atoms with Crippen LogP contribution in [0.3, 0.4) is 0 Å². The Kier molecular flexibility index (Phi) is 2.81. The molecule has 1 saturated heterocycles. The summed E-state index contributed by atoms with van der Waals surface area (Å²) >= 11 is 0. The zero-order valence-corrected chi connectivity index (χ0v) is 10.8. The summed E-state index contributed by atoms with van der Waals surface area (Å²) in [4.78, 5) is 0.774. The van der Waals surface area contributed by atoms with Crippen molar-refractivity contribution in [3.63, 3.8) is 0 Å². The summed E-state index contributed by atoms with van der Waals surface area (Å²) in [6.07, 6.45) is 3.47. The van der Waals surface area contributed by atoms with E-state index in [1.807, 2.05) is 43.3 Å². The molecule has 0 amide bonds. The highest BCUT2D eigenvalue weighted by molar-refractivity contribution is 7.85. The Bertz CT molecular complexity index is 558. The molecule has 0 spiro atoms. The van der Waals surface area contributed by atoms with E-state index in [4.69, 9.17) is 4.74 Å². The first-order valence-electron chi connectivity index (χ1n) is 5.91. The maximum absolute atomic E-state index is 12.6. The molecule has 0 radical (unpaired) electrons. The first-order chi connectivity index (χ1) is 8.70. The van der Waals surface area contributed by atoms with E-state index in [9.17, 15) is 9.47 Å². The first-order valence-corrected chi connectivity index (χ1v) is 7.12. The van der Waals surface area contributed by atoms with Crippen LogP contribution in [0, 0.1) is 24.2 Å². The molecule has 3 rings (SSSR count). The smallest absolute Gasteiger partial charge is 0.0936 e. The molecule has 2 bridgehead atoms. The Morgan fingerprint density at radius 2 is 1.89 bits per heavy atom. The largest absolute Gasteiger partial charge is 0.364 e. The highest BCUT2D eigenvalue weighted by Crippen LogP contribution is 2.38. The van der Waals surface area contributed by atoms with E-state index in [1.54, 1.807) is 0 Å². The van der Waals surface area contributed by atoms with Crippen LogP contribution in [0.15, 0.2) is 41.3 Å². The lowest BCUT2D eigenvalue weighted by Gasteiger charge is -2.19. The van der Waals surface area contributed by atoms with Gasteiger partial charge in [0.2, 0.25) is 0 Å². The lowest BCUT2D eigenvalue weighted by Crippen LogP contribution is -2.32. The minimum atomic E-state index is -1.20. The number of fused-ring (bicyclic) bond motifs is 2. The van der Waals surface area contributed by atoms with Gasteiger partial charge in [0, 0.05) is 4.90 Å². The number of hydrogen-bond acceptors (Lipinski definition) is 3. The number of ether oxygens (including phenoxy) is 1. The molecule has 0 saturated carbocycles. The Hall–Kier alpha value is -1.44. The molecule has 5 atom stereocenters. The summed E-state index contributed by atoms with van der Waals surface area (Å²) in [7, 11) is -1.20. The zero-order valence-electron chi connectivity index (χ0n) is 9.95. The van der Waals surface area contributed by atoms with Gasteiger partial charge in [-0.2, -0.15) is 5.26 Å². The van der Waals surface area contributed by atoms with E-state index in [-0.39, 0.29) is 23.4 Å². The molecule has 0 aromatic heterocycles. The highest BCUT2D eigenvalue weighted by atomic mass is 32.2. The first kappa shape index (κ1) is 11.6. The minimum absolute atomic E-state index is 0.179. The number of nitriles is 1. The van der Waals surface area contributed by atoms with Crippen LogP contribution in [0.5, 0.6) is 0 Å². The third-order valence-corrected chi connectivity index (χ3v) is 5.28. The third-order valence-electron chi connectivity index (χ3n) is 3.49. The van der Waals surface area contributed by atoms with Gasteiger partial charge in [-0.3, -0.25) is 4.21 Å². The predicted octanol–water partition coefficient (Wildman–Crippen LogP) is 1.95. The van der Waals surface area contributed by atoms with Crippen molar-refractivity contribution in [3.8, 4) is 6.07 Å². The molecule has 1 aromatic rings. The minimum Gasteiger partial charge on any atom is -0.364 e. The van der Waals surface area contributed by atoms with Crippen LogP contribution in [0.4, 0.5) is 0 Å². The van der Waals surface area contributed by atoms with E-state index in [1.165, 1.54) is 0 Å². The second-order valence-electron chi connectivity index (χ2n) is 4.68. The van der Waals surface area contributed by atoms with Crippen molar-refractivity contribution in [3.05, 3.63) is 42.0 Å². The lowest BCUT2D eigenvalue weighted by atomic mass is 9.95. The van der Waals surface area contributed by atoms with E-state index in [2.05, 4.69) is 6.07 Å². The second kappa shape index (κ2) is 4.34. The van der Waals surface area contributed by atoms with Gasteiger partial charge in [-0.05, 0) is 19.1 Å². The molecule has 1 fully saturated rings. The summed E-state index contributed by atoms with van der Waals surface area (Å²) < 4.78 is 18.2. The van der Waals surface area contributed by atoms with Crippen molar-refractivity contribution < 1.29 is 8.95 Å². The van der Waals surface area contributed by atoms with Gasteiger partial charge in [-0.15, -0.1) is 0 Å². The topological polar surface area (TPSA) is 50.1 Å². The fourth-order valence-electron chi connectivity index (χ4n) is 2.51. The molecule has 0 N–H and O–H groups in total. The van der Waals surface area contributed by atoms with Crippen molar-refractivity contribution in [1.82, 2.24) is 0 Å². The van der Waals surface area contributed by atoms with E-state index >= 15 is 0 Å². The van der Waals surface area contributed by atoms with E-state index in [0.717, 1.165) is 10.5 Å². The van der Waals surface area contributed by atoms with Crippen LogP contribution in [-0.2, 0) is 15.5 Å². The van der Waals surface area contributed by atoms with E-state index < -0.39 is 10.8 Å². The maximum atomic E-state index is 12.6. The SMILES string of the molecule is Cc1ccc(S(=O)[C@@H]2[C@H](C#N)[C@H]3C=C[C@@H]2O3)cc1. The molecule has 0 aliphatic carbocycles. The van der Waals surface area contributed by atoms with Crippen LogP contribution in [0.25, 0.3) is 0 Å². The van der Waals surface area contributed by atoms with Gasteiger partial charge in [-0.1, -0.05) is 29.8 Å². The van der Waals surface area contributed by atoms with Crippen LogP contribution >= 0.6 is 0 Å². The van der Waals surface area contributed by atoms with E-state index in [0.29, 0.717) is 0 Å². The van der Waals surface area contributed by atoms with Gasteiger partial charge < -0.3 is 4.74 Å². The molecular weight excluding hydrogens is 246 g/mol. The van der Waals surface area contributed by atoms with Gasteiger partial charge in [0.1, 0.15) is 0 Å². The van der Waals surface area contributed by atoms with Crippen molar-refractivity contribution in [1.29, 1.82) is 5.26 Å². The molecule has 4 heteroatoms. The normalized spacial score (nSPS) is 34.4. The average molecular weight is 259 g/mol. The lowest BCUT2D eigenvalue weighted by molar-refractivity contribution is 0.115. The molecule has 3 nitrogen and oxygen atoms in total. The zero-order chi connectivity index (χ0) is 12.7. The summed E-state index contributed by atoms with van der Waals surface area (Å²) in [6, 6.07) is 9.87. The molecular formula is C14H13NO2S. The monoisotopic (exact) mass is 259 g/mol.